The van der Waals surface area contributed by atoms with Crippen LogP contribution in [0, 0.1) is 0 Å². The van der Waals surface area contributed by atoms with E-state index in [9.17, 15) is 9.90 Å². The molecule has 2 aromatic rings. The summed E-state index contributed by atoms with van der Waals surface area (Å²) in [4.78, 5) is 16.0. The summed E-state index contributed by atoms with van der Waals surface area (Å²) in [5, 5.41) is 16.0. The van der Waals surface area contributed by atoms with Crippen molar-refractivity contribution in [2.24, 2.45) is 0 Å². The minimum atomic E-state index is -0.416. The molecule has 1 aromatic carbocycles. The fraction of sp³-hybridized carbons (Fsp3) is 0.357. The third-order valence-electron chi connectivity index (χ3n) is 2.91. The number of aliphatic hydroxyl groups excluding tert-OH is 1. The first kappa shape index (κ1) is 14.2. The topological polar surface area (TPSA) is 80.0 Å². The highest BCUT2D eigenvalue weighted by molar-refractivity contribution is 5.95. The van der Waals surface area contributed by atoms with Gasteiger partial charge in [0.1, 0.15) is 12.7 Å². The zero-order valence-corrected chi connectivity index (χ0v) is 11.4. The van der Waals surface area contributed by atoms with Gasteiger partial charge in [-0.1, -0.05) is 18.2 Å². The van der Waals surface area contributed by atoms with Gasteiger partial charge in [-0.25, -0.2) is 9.67 Å². The molecule has 0 spiro atoms. The molecule has 1 aromatic heterocycles. The van der Waals surface area contributed by atoms with Crippen LogP contribution in [-0.2, 0) is 6.54 Å². The highest BCUT2D eigenvalue weighted by atomic mass is 16.3. The van der Waals surface area contributed by atoms with E-state index >= 15 is 0 Å². The van der Waals surface area contributed by atoms with Crippen molar-refractivity contribution in [3.63, 3.8) is 0 Å². The quantitative estimate of drug-likeness (QED) is 0.817. The lowest BCUT2D eigenvalue weighted by molar-refractivity contribution is 0.0944. The van der Waals surface area contributed by atoms with Gasteiger partial charge in [-0.05, 0) is 25.0 Å². The maximum Gasteiger partial charge on any atom is 0.251 e. The lowest BCUT2D eigenvalue weighted by Gasteiger charge is -2.10. The second-order valence-corrected chi connectivity index (χ2v) is 4.64. The number of hydrogen-bond acceptors (Lipinski definition) is 4. The fourth-order valence-electron chi connectivity index (χ4n) is 1.86. The molecule has 1 unspecified atom stereocenters. The van der Waals surface area contributed by atoms with Gasteiger partial charge in [0.2, 0.25) is 0 Å². The van der Waals surface area contributed by atoms with Crippen LogP contribution in [0.1, 0.15) is 29.3 Å². The number of aliphatic hydroxyl groups is 1. The van der Waals surface area contributed by atoms with Gasteiger partial charge in [-0.2, -0.15) is 5.10 Å². The van der Waals surface area contributed by atoms with Gasteiger partial charge in [-0.3, -0.25) is 4.79 Å². The molecule has 0 aliphatic rings. The van der Waals surface area contributed by atoms with Gasteiger partial charge in [0, 0.05) is 12.1 Å². The Bertz CT molecular complexity index is 552. The van der Waals surface area contributed by atoms with Crippen LogP contribution in [0.25, 0.3) is 0 Å². The Morgan fingerprint density at radius 2 is 2.25 bits per heavy atom. The molecule has 2 rings (SSSR count). The second-order valence-electron chi connectivity index (χ2n) is 4.64. The van der Waals surface area contributed by atoms with Crippen LogP contribution in [0.5, 0.6) is 0 Å². The highest BCUT2D eigenvalue weighted by Gasteiger charge is 2.11. The Morgan fingerprint density at radius 1 is 1.45 bits per heavy atom. The van der Waals surface area contributed by atoms with E-state index in [1.807, 2.05) is 18.2 Å². The summed E-state index contributed by atoms with van der Waals surface area (Å²) >= 11 is 0. The third-order valence-corrected chi connectivity index (χ3v) is 2.91. The molecular formula is C14H18N4O2. The maximum atomic E-state index is 12.1. The van der Waals surface area contributed by atoms with Gasteiger partial charge < -0.3 is 10.4 Å². The molecule has 0 saturated heterocycles. The third kappa shape index (κ3) is 3.89. The minimum absolute atomic E-state index is 0.138. The minimum Gasteiger partial charge on any atom is -0.393 e. The molecule has 0 radical (unpaired) electrons. The zero-order chi connectivity index (χ0) is 14.4. The van der Waals surface area contributed by atoms with E-state index < -0.39 is 6.10 Å². The smallest absolute Gasteiger partial charge is 0.251 e. The second kappa shape index (κ2) is 6.81. The summed E-state index contributed by atoms with van der Waals surface area (Å²) < 4.78 is 1.67. The van der Waals surface area contributed by atoms with Gasteiger partial charge in [0.15, 0.2) is 0 Å². The normalized spacial score (nSPS) is 12.1. The number of rotatable bonds is 6. The average Bonchev–Trinajstić information content (AvgIpc) is 2.91. The first-order valence-corrected chi connectivity index (χ1v) is 6.53. The summed E-state index contributed by atoms with van der Waals surface area (Å²) in [5.41, 5.74) is 1.50. The summed E-state index contributed by atoms with van der Waals surface area (Å²) in [5.74, 6) is -0.138. The van der Waals surface area contributed by atoms with Crippen LogP contribution in [0.2, 0.25) is 0 Å². The predicted molar refractivity (Wildman–Crippen MR) is 74.2 cm³/mol. The Balaban J connectivity index is 2.05. The highest BCUT2D eigenvalue weighted by Crippen LogP contribution is 2.10. The number of carbonyl (C=O) groups excluding carboxylic acids is 1. The van der Waals surface area contributed by atoms with Crippen molar-refractivity contribution < 1.29 is 9.90 Å². The van der Waals surface area contributed by atoms with Crippen molar-refractivity contribution >= 4 is 5.91 Å². The SMILES string of the molecule is CC(O)CCNC(=O)c1ccccc1Cn1cncn1. The number of carbonyl (C=O) groups is 1. The van der Waals surface area contributed by atoms with Crippen LogP contribution in [0.4, 0.5) is 0 Å². The van der Waals surface area contributed by atoms with E-state index in [0.29, 0.717) is 25.1 Å². The van der Waals surface area contributed by atoms with E-state index in [0.717, 1.165) is 5.56 Å². The van der Waals surface area contributed by atoms with Crippen molar-refractivity contribution in [3.05, 3.63) is 48.0 Å². The van der Waals surface area contributed by atoms with Gasteiger partial charge in [0.05, 0.1) is 12.6 Å². The lowest BCUT2D eigenvalue weighted by Crippen LogP contribution is -2.27. The Kier molecular flexibility index (Phi) is 4.84. The fourth-order valence-corrected chi connectivity index (χ4v) is 1.86. The monoisotopic (exact) mass is 274 g/mol. The molecule has 2 N–H and O–H groups in total. The number of aromatic nitrogens is 3. The first-order valence-electron chi connectivity index (χ1n) is 6.53. The molecule has 6 heteroatoms. The van der Waals surface area contributed by atoms with E-state index in [-0.39, 0.29) is 5.91 Å². The van der Waals surface area contributed by atoms with Crippen molar-refractivity contribution in [2.75, 3.05) is 6.54 Å². The Morgan fingerprint density at radius 3 is 2.95 bits per heavy atom. The molecule has 0 aliphatic carbocycles. The predicted octanol–water partition coefficient (Wildman–Crippen LogP) is 0.827. The van der Waals surface area contributed by atoms with E-state index in [1.54, 1.807) is 24.0 Å². The Labute approximate surface area is 117 Å². The van der Waals surface area contributed by atoms with Gasteiger partial charge in [0.25, 0.3) is 5.91 Å². The molecule has 0 aliphatic heterocycles. The van der Waals surface area contributed by atoms with Crippen LogP contribution in [0.3, 0.4) is 0 Å². The number of benzene rings is 1. The van der Waals surface area contributed by atoms with E-state index in [1.165, 1.54) is 6.33 Å². The van der Waals surface area contributed by atoms with Crippen LogP contribution in [0.15, 0.2) is 36.9 Å². The molecule has 106 valence electrons. The van der Waals surface area contributed by atoms with Crippen molar-refractivity contribution in [1.82, 2.24) is 20.1 Å². The van der Waals surface area contributed by atoms with Crippen molar-refractivity contribution in [3.8, 4) is 0 Å². The Hall–Kier alpha value is -2.21. The van der Waals surface area contributed by atoms with Crippen LogP contribution >= 0.6 is 0 Å². The molecule has 6 nitrogen and oxygen atoms in total. The molecule has 0 fully saturated rings. The number of nitrogens with zero attached hydrogens (tertiary/aromatic N) is 3. The molecular weight excluding hydrogens is 256 g/mol. The van der Waals surface area contributed by atoms with Crippen LogP contribution in [-0.4, -0.2) is 38.4 Å². The largest absolute Gasteiger partial charge is 0.393 e. The molecule has 1 heterocycles. The standard InChI is InChI=1S/C14H18N4O2/c1-11(19)6-7-16-14(20)13-5-3-2-4-12(13)8-18-10-15-9-17-18/h2-5,9-11,19H,6-8H2,1H3,(H,16,20). The number of amides is 1. The summed E-state index contributed by atoms with van der Waals surface area (Å²) in [6.07, 6.45) is 3.20. The number of nitrogens with one attached hydrogen (secondary N) is 1. The summed E-state index contributed by atoms with van der Waals surface area (Å²) in [6, 6.07) is 7.39. The maximum absolute atomic E-state index is 12.1. The lowest BCUT2D eigenvalue weighted by atomic mass is 10.1. The molecule has 0 saturated carbocycles. The van der Waals surface area contributed by atoms with Gasteiger partial charge >= 0.3 is 0 Å². The van der Waals surface area contributed by atoms with E-state index in [2.05, 4.69) is 15.4 Å². The zero-order valence-electron chi connectivity index (χ0n) is 11.4. The molecule has 20 heavy (non-hydrogen) atoms. The average molecular weight is 274 g/mol. The van der Waals surface area contributed by atoms with Crippen molar-refractivity contribution in [2.45, 2.75) is 26.0 Å². The summed E-state index contributed by atoms with van der Waals surface area (Å²) in [7, 11) is 0. The molecule has 1 amide bonds. The molecule has 0 bridgehead atoms. The first-order chi connectivity index (χ1) is 9.66. The molecule has 1 atom stereocenters. The van der Waals surface area contributed by atoms with Crippen LogP contribution < -0.4 is 5.32 Å². The summed E-state index contributed by atoms with van der Waals surface area (Å²) in [6.45, 7) is 2.65. The van der Waals surface area contributed by atoms with Crippen molar-refractivity contribution in [1.29, 1.82) is 0 Å². The number of hydrogen-bond donors (Lipinski definition) is 2. The van der Waals surface area contributed by atoms with Gasteiger partial charge in [-0.15, -0.1) is 0 Å². The van der Waals surface area contributed by atoms with E-state index in [4.69, 9.17) is 0 Å².